The van der Waals surface area contributed by atoms with Gasteiger partial charge in [0.2, 0.25) is 5.91 Å². The SMILES string of the molecule is O=C(Nc1ccc2oc(=O)[nH]c2c1)C1CC1. The zero-order chi connectivity index (χ0) is 11.1. The highest BCUT2D eigenvalue weighted by molar-refractivity contribution is 5.95. The molecular formula is C11H10N2O3. The number of H-pyrrole nitrogens is 1. The molecule has 1 aliphatic carbocycles. The maximum atomic E-state index is 11.5. The molecule has 82 valence electrons. The highest BCUT2D eigenvalue weighted by atomic mass is 16.4. The number of rotatable bonds is 2. The molecule has 0 atom stereocenters. The minimum absolute atomic E-state index is 0.0465. The van der Waals surface area contributed by atoms with Crippen molar-refractivity contribution in [3.05, 3.63) is 28.7 Å². The van der Waals surface area contributed by atoms with Crippen LogP contribution in [-0.2, 0) is 4.79 Å². The lowest BCUT2D eigenvalue weighted by Crippen LogP contribution is -2.13. The Morgan fingerprint density at radius 1 is 1.44 bits per heavy atom. The molecule has 1 heterocycles. The standard InChI is InChI=1S/C11H10N2O3/c14-10(6-1-2-6)12-7-3-4-9-8(5-7)13-11(15)16-9/h3-6H,1-2H2,(H,12,14)(H,13,15). The minimum atomic E-state index is -0.485. The number of anilines is 1. The first-order valence-electron chi connectivity index (χ1n) is 5.16. The Hall–Kier alpha value is -2.04. The van der Waals surface area contributed by atoms with Gasteiger partial charge in [0.25, 0.3) is 0 Å². The molecule has 1 fully saturated rings. The van der Waals surface area contributed by atoms with E-state index in [1.165, 1.54) is 0 Å². The fourth-order valence-electron chi connectivity index (χ4n) is 1.62. The van der Waals surface area contributed by atoms with Crippen LogP contribution in [0.1, 0.15) is 12.8 Å². The molecule has 5 heteroatoms. The van der Waals surface area contributed by atoms with Gasteiger partial charge in [-0.3, -0.25) is 9.78 Å². The van der Waals surface area contributed by atoms with E-state index in [2.05, 4.69) is 10.3 Å². The lowest BCUT2D eigenvalue weighted by molar-refractivity contribution is -0.117. The Labute approximate surface area is 90.5 Å². The summed E-state index contributed by atoms with van der Waals surface area (Å²) in [5, 5.41) is 2.80. The Morgan fingerprint density at radius 2 is 2.25 bits per heavy atom. The normalized spacial score (nSPS) is 15.2. The van der Waals surface area contributed by atoms with Crippen LogP contribution < -0.4 is 11.1 Å². The van der Waals surface area contributed by atoms with Gasteiger partial charge in [0.1, 0.15) is 0 Å². The van der Waals surface area contributed by atoms with Crippen molar-refractivity contribution in [3.63, 3.8) is 0 Å². The fraction of sp³-hybridized carbons (Fsp3) is 0.273. The zero-order valence-corrected chi connectivity index (χ0v) is 8.45. The Bertz CT molecular complexity index is 607. The maximum Gasteiger partial charge on any atom is 0.417 e. The molecule has 1 aromatic carbocycles. The van der Waals surface area contributed by atoms with Crippen molar-refractivity contribution >= 4 is 22.7 Å². The summed E-state index contributed by atoms with van der Waals surface area (Å²) in [6.45, 7) is 0. The van der Waals surface area contributed by atoms with E-state index in [4.69, 9.17) is 4.42 Å². The number of carbonyl (C=O) groups excluding carboxylic acids is 1. The van der Waals surface area contributed by atoms with Gasteiger partial charge >= 0.3 is 5.76 Å². The molecular weight excluding hydrogens is 208 g/mol. The van der Waals surface area contributed by atoms with Gasteiger partial charge in [-0.05, 0) is 31.0 Å². The second-order valence-corrected chi connectivity index (χ2v) is 3.99. The molecule has 2 N–H and O–H groups in total. The van der Waals surface area contributed by atoms with Crippen molar-refractivity contribution in [1.82, 2.24) is 4.98 Å². The molecule has 2 aromatic rings. The van der Waals surface area contributed by atoms with Gasteiger partial charge < -0.3 is 9.73 Å². The summed E-state index contributed by atoms with van der Waals surface area (Å²) in [4.78, 5) is 25.0. The molecule has 1 aliphatic rings. The third-order valence-electron chi connectivity index (χ3n) is 2.63. The van der Waals surface area contributed by atoms with Gasteiger partial charge in [0.05, 0.1) is 5.52 Å². The number of amides is 1. The van der Waals surface area contributed by atoms with E-state index in [0.29, 0.717) is 16.8 Å². The maximum absolute atomic E-state index is 11.5. The molecule has 0 bridgehead atoms. The summed E-state index contributed by atoms with van der Waals surface area (Å²) in [6, 6.07) is 5.08. The van der Waals surface area contributed by atoms with Crippen molar-refractivity contribution in [1.29, 1.82) is 0 Å². The predicted octanol–water partition coefficient (Wildman–Crippen LogP) is 1.47. The molecule has 1 saturated carbocycles. The van der Waals surface area contributed by atoms with E-state index in [1.54, 1.807) is 18.2 Å². The molecule has 0 radical (unpaired) electrons. The highest BCUT2D eigenvalue weighted by Gasteiger charge is 2.29. The summed E-state index contributed by atoms with van der Waals surface area (Å²) in [5.41, 5.74) is 1.77. The van der Waals surface area contributed by atoms with Crippen LogP contribution in [0.15, 0.2) is 27.4 Å². The van der Waals surface area contributed by atoms with Crippen molar-refractivity contribution in [2.75, 3.05) is 5.32 Å². The average molecular weight is 218 g/mol. The number of carbonyl (C=O) groups is 1. The van der Waals surface area contributed by atoms with Gasteiger partial charge in [-0.25, -0.2) is 4.79 Å². The number of aromatic amines is 1. The number of nitrogens with one attached hydrogen (secondary N) is 2. The van der Waals surface area contributed by atoms with E-state index in [-0.39, 0.29) is 11.8 Å². The average Bonchev–Trinajstić information content (AvgIpc) is 3.01. The van der Waals surface area contributed by atoms with Crippen molar-refractivity contribution in [2.24, 2.45) is 5.92 Å². The molecule has 0 saturated heterocycles. The predicted molar refractivity (Wildman–Crippen MR) is 58.2 cm³/mol. The van der Waals surface area contributed by atoms with Crippen LogP contribution in [0.2, 0.25) is 0 Å². The Morgan fingerprint density at radius 3 is 3.00 bits per heavy atom. The largest absolute Gasteiger partial charge is 0.417 e. The van der Waals surface area contributed by atoms with Gasteiger partial charge in [0, 0.05) is 11.6 Å². The minimum Gasteiger partial charge on any atom is -0.408 e. The molecule has 3 rings (SSSR count). The Balaban J connectivity index is 1.91. The molecule has 16 heavy (non-hydrogen) atoms. The topological polar surface area (TPSA) is 75.1 Å². The smallest absolute Gasteiger partial charge is 0.408 e. The third-order valence-corrected chi connectivity index (χ3v) is 2.63. The second-order valence-electron chi connectivity index (χ2n) is 3.99. The summed E-state index contributed by atoms with van der Waals surface area (Å²) < 4.78 is 4.86. The number of aromatic nitrogens is 1. The van der Waals surface area contributed by atoms with Crippen LogP contribution >= 0.6 is 0 Å². The fourth-order valence-corrected chi connectivity index (χ4v) is 1.62. The zero-order valence-electron chi connectivity index (χ0n) is 8.45. The van der Waals surface area contributed by atoms with E-state index < -0.39 is 5.76 Å². The summed E-state index contributed by atoms with van der Waals surface area (Å²) in [5.74, 6) is -0.273. The van der Waals surface area contributed by atoms with E-state index in [1.807, 2.05) is 0 Å². The monoisotopic (exact) mass is 218 g/mol. The third kappa shape index (κ3) is 1.60. The van der Waals surface area contributed by atoms with Crippen molar-refractivity contribution in [3.8, 4) is 0 Å². The quantitative estimate of drug-likeness (QED) is 0.801. The van der Waals surface area contributed by atoms with E-state index in [9.17, 15) is 9.59 Å². The summed E-state index contributed by atoms with van der Waals surface area (Å²) in [6.07, 6.45) is 1.94. The first kappa shape index (κ1) is 9.21. The van der Waals surface area contributed by atoms with E-state index >= 15 is 0 Å². The van der Waals surface area contributed by atoms with Crippen LogP contribution in [-0.4, -0.2) is 10.9 Å². The lowest BCUT2D eigenvalue weighted by atomic mass is 10.2. The lowest BCUT2D eigenvalue weighted by Gasteiger charge is -2.02. The summed E-state index contributed by atoms with van der Waals surface area (Å²) >= 11 is 0. The molecule has 0 aliphatic heterocycles. The van der Waals surface area contributed by atoms with Crippen LogP contribution in [0, 0.1) is 5.92 Å². The Kier molecular flexibility index (Phi) is 1.86. The van der Waals surface area contributed by atoms with Crippen LogP contribution in [0.4, 0.5) is 5.69 Å². The van der Waals surface area contributed by atoms with Crippen LogP contribution in [0.25, 0.3) is 11.1 Å². The molecule has 1 aromatic heterocycles. The first-order chi connectivity index (χ1) is 7.72. The van der Waals surface area contributed by atoms with Gasteiger partial charge in [0.15, 0.2) is 5.58 Å². The number of oxazole rings is 1. The van der Waals surface area contributed by atoms with Crippen LogP contribution in [0.3, 0.4) is 0 Å². The molecule has 5 nitrogen and oxygen atoms in total. The first-order valence-corrected chi connectivity index (χ1v) is 5.16. The van der Waals surface area contributed by atoms with Crippen LogP contribution in [0.5, 0.6) is 0 Å². The van der Waals surface area contributed by atoms with Crippen molar-refractivity contribution < 1.29 is 9.21 Å². The summed E-state index contributed by atoms with van der Waals surface area (Å²) in [7, 11) is 0. The number of benzene rings is 1. The number of hydrogen-bond acceptors (Lipinski definition) is 3. The highest BCUT2D eigenvalue weighted by Crippen LogP contribution is 2.30. The molecule has 0 unspecified atom stereocenters. The molecule has 1 amide bonds. The second kappa shape index (κ2) is 3.23. The van der Waals surface area contributed by atoms with E-state index in [0.717, 1.165) is 12.8 Å². The van der Waals surface area contributed by atoms with Gasteiger partial charge in [-0.1, -0.05) is 0 Å². The van der Waals surface area contributed by atoms with Crippen molar-refractivity contribution in [2.45, 2.75) is 12.8 Å². The molecule has 0 spiro atoms. The van der Waals surface area contributed by atoms with Gasteiger partial charge in [-0.15, -0.1) is 0 Å². The number of fused-ring (bicyclic) bond motifs is 1. The number of hydrogen-bond donors (Lipinski definition) is 2. The van der Waals surface area contributed by atoms with Gasteiger partial charge in [-0.2, -0.15) is 0 Å².